The maximum Gasteiger partial charge on any atom is 0.251 e. The molecule has 120 valence electrons. The number of rotatable bonds is 2. The minimum Gasteiger partial charge on any atom is -0.376 e. The van der Waals surface area contributed by atoms with E-state index < -0.39 is 0 Å². The van der Waals surface area contributed by atoms with Crippen LogP contribution in [-0.4, -0.2) is 24.9 Å². The largest absolute Gasteiger partial charge is 0.376 e. The van der Waals surface area contributed by atoms with E-state index in [2.05, 4.69) is 10.6 Å². The standard InChI is InChI=1S/C19H17N3O2/c1-20-19(24)12-6-8-13(9-7-12)22-17(23)11-10-16-18(22)14-4-2-3-5-15(14)21-16/h2-11,16,18,21H,1H3,(H,20,24). The summed E-state index contributed by atoms with van der Waals surface area (Å²) >= 11 is 0. The molecule has 2 aliphatic rings. The van der Waals surface area contributed by atoms with E-state index in [9.17, 15) is 9.59 Å². The molecule has 2 atom stereocenters. The molecule has 5 nitrogen and oxygen atoms in total. The second-order valence-corrected chi connectivity index (χ2v) is 5.90. The fourth-order valence-electron chi connectivity index (χ4n) is 3.40. The molecule has 4 rings (SSSR count). The number of fused-ring (bicyclic) bond motifs is 3. The number of nitrogens with zero attached hydrogens (tertiary/aromatic N) is 1. The Kier molecular flexibility index (Phi) is 3.34. The highest BCUT2D eigenvalue weighted by molar-refractivity contribution is 6.04. The summed E-state index contributed by atoms with van der Waals surface area (Å²) in [5.74, 6) is -0.195. The Morgan fingerprint density at radius 1 is 1.12 bits per heavy atom. The average Bonchev–Trinajstić information content (AvgIpc) is 3.00. The molecule has 2 unspecified atom stereocenters. The van der Waals surface area contributed by atoms with Crippen LogP contribution >= 0.6 is 0 Å². The number of anilines is 2. The molecular weight excluding hydrogens is 302 g/mol. The van der Waals surface area contributed by atoms with Crippen LogP contribution in [0.4, 0.5) is 11.4 Å². The molecule has 5 heteroatoms. The summed E-state index contributed by atoms with van der Waals surface area (Å²) in [4.78, 5) is 26.0. The number of hydrogen-bond acceptors (Lipinski definition) is 3. The van der Waals surface area contributed by atoms with Gasteiger partial charge in [0.05, 0.1) is 12.1 Å². The van der Waals surface area contributed by atoms with Crippen molar-refractivity contribution in [1.82, 2.24) is 5.32 Å². The highest BCUT2D eigenvalue weighted by atomic mass is 16.2. The average molecular weight is 319 g/mol. The summed E-state index contributed by atoms with van der Waals surface area (Å²) in [5, 5.41) is 6.05. The van der Waals surface area contributed by atoms with Gasteiger partial charge in [-0.15, -0.1) is 0 Å². The number of carbonyl (C=O) groups excluding carboxylic acids is 2. The quantitative estimate of drug-likeness (QED) is 0.894. The topological polar surface area (TPSA) is 61.4 Å². The Morgan fingerprint density at radius 3 is 2.62 bits per heavy atom. The first-order valence-electron chi connectivity index (χ1n) is 7.88. The smallest absolute Gasteiger partial charge is 0.251 e. The molecule has 0 saturated carbocycles. The van der Waals surface area contributed by atoms with Crippen molar-refractivity contribution < 1.29 is 9.59 Å². The second-order valence-electron chi connectivity index (χ2n) is 5.90. The molecule has 0 saturated heterocycles. The van der Waals surface area contributed by atoms with Crippen LogP contribution in [0, 0.1) is 0 Å². The SMILES string of the molecule is CNC(=O)c1ccc(N2C(=O)C=CC3Nc4ccccc4C32)cc1. The van der Waals surface area contributed by atoms with Gasteiger partial charge in [0.2, 0.25) is 0 Å². The van der Waals surface area contributed by atoms with Crippen LogP contribution in [0.1, 0.15) is 22.0 Å². The van der Waals surface area contributed by atoms with Crippen molar-refractivity contribution in [3.8, 4) is 0 Å². The highest BCUT2D eigenvalue weighted by Gasteiger charge is 2.40. The van der Waals surface area contributed by atoms with Gasteiger partial charge in [-0.25, -0.2) is 0 Å². The second kappa shape index (κ2) is 5.53. The minimum absolute atomic E-state index is 0.0533. The molecule has 2 heterocycles. The summed E-state index contributed by atoms with van der Waals surface area (Å²) < 4.78 is 0. The first-order valence-corrected chi connectivity index (χ1v) is 7.88. The van der Waals surface area contributed by atoms with E-state index in [1.807, 2.05) is 42.5 Å². The summed E-state index contributed by atoms with van der Waals surface area (Å²) in [6.07, 6.45) is 3.52. The van der Waals surface area contributed by atoms with E-state index in [-0.39, 0.29) is 23.9 Å². The first kappa shape index (κ1) is 14.5. The van der Waals surface area contributed by atoms with Gasteiger partial charge in [-0.3, -0.25) is 14.5 Å². The lowest BCUT2D eigenvalue weighted by molar-refractivity contribution is -0.115. The number of para-hydroxylation sites is 1. The zero-order chi connectivity index (χ0) is 16.7. The molecule has 2 amide bonds. The predicted octanol–water partition coefficient (Wildman–Crippen LogP) is 2.48. The van der Waals surface area contributed by atoms with Crippen molar-refractivity contribution in [2.75, 3.05) is 17.3 Å². The monoisotopic (exact) mass is 319 g/mol. The van der Waals surface area contributed by atoms with E-state index in [0.717, 1.165) is 16.9 Å². The van der Waals surface area contributed by atoms with Crippen molar-refractivity contribution in [2.45, 2.75) is 12.1 Å². The Morgan fingerprint density at radius 2 is 1.88 bits per heavy atom. The van der Waals surface area contributed by atoms with Gasteiger partial charge in [0.1, 0.15) is 0 Å². The molecule has 2 aromatic carbocycles. The number of hydrogen-bond donors (Lipinski definition) is 2. The molecule has 2 aliphatic heterocycles. The molecular formula is C19H17N3O2. The van der Waals surface area contributed by atoms with Crippen LogP contribution in [0.5, 0.6) is 0 Å². The van der Waals surface area contributed by atoms with Crippen molar-refractivity contribution in [3.05, 3.63) is 71.8 Å². The lowest BCUT2D eigenvalue weighted by Crippen LogP contribution is -2.42. The van der Waals surface area contributed by atoms with E-state index in [4.69, 9.17) is 0 Å². The van der Waals surface area contributed by atoms with Gasteiger partial charge in [-0.2, -0.15) is 0 Å². The molecule has 0 fully saturated rings. The molecule has 24 heavy (non-hydrogen) atoms. The number of carbonyl (C=O) groups is 2. The van der Waals surface area contributed by atoms with Crippen LogP contribution in [0.25, 0.3) is 0 Å². The lowest BCUT2D eigenvalue weighted by Gasteiger charge is -2.34. The summed E-state index contributed by atoms with van der Waals surface area (Å²) in [6, 6.07) is 15.1. The molecule has 0 bridgehead atoms. The van der Waals surface area contributed by atoms with Gasteiger partial charge < -0.3 is 10.6 Å². The number of amides is 2. The molecule has 2 aromatic rings. The van der Waals surface area contributed by atoms with Crippen LogP contribution in [0.15, 0.2) is 60.7 Å². The fraction of sp³-hybridized carbons (Fsp3) is 0.158. The van der Waals surface area contributed by atoms with Crippen molar-refractivity contribution in [3.63, 3.8) is 0 Å². The minimum atomic E-state index is -0.142. The Labute approximate surface area is 140 Å². The number of nitrogens with one attached hydrogen (secondary N) is 2. The van der Waals surface area contributed by atoms with Crippen LogP contribution in [-0.2, 0) is 4.79 Å². The fourth-order valence-corrected chi connectivity index (χ4v) is 3.40. The highest BCUT2D eigenvalue weighted by Crippen LogP contribution is 2.42. The van der Waals surface area contributed by atoms with Crippen molar-refractivity contribution >= 4 is 23.2 Å². The van der Waals surface area contributed by atoms with Gasteiger partial charge in [0.25, 0.3) is 11.8 Å². The first-order chi connectivity index (χ1) is 11.7. The summed E-state index contributed by atoms with van der Waals surface area (Å²) in [7, 11) is 1.60. The van der Waals surface area contributed by atoms with Gasteiger partial charge in [0, 0.05) is 35.6 Å². The lowest BCUT2D eigenvalue weighted by atomic mass is 9.97. The Balaban J connectivity index is 1.75. The van der Waals surface area contributed by atoms with Crippen molar-refractivity contribution in [2.24, 2.45) is 0 Å². The third-order valence-electron chi connectivity index (χ3n) is 4.54. The van der Waals surface area contributed by atoms with Crippen LogP contribution in [0.3, 0.4) is 0 Å². The zero-order valence-corrected chi connectivity index (χ0v) is 13.2. The maximum atomic E-state index is 12.6. The van der Waals surface area contributed by atoms with Crippen LogP contribution in [0.2, 0.25) is 0 Å². The van der Waals surface area contributed by atoms with Gasteiger partial charge in [-0.05, 0) is 30.3 Å². The van der Waals surface area contributed by atoms with Gasteiger partial charge in [-0.1, -0.05) is 24.3 Å². The zero-order valence-electron chi connectivity index (χ0n) is 13.2. The Hall–Kier alpha value is -3.08. The molecule has 0 radical (unpaired) electrons. The molecule has 0 aliphatic carbocycles. The van der Waals surface area contributed by atoms with E-state index >= 15 is 0 Å². The number of benzene rings is 2. The van der Waals surface area contributed by atoms with Crippen LogP contribution < -0.4 is 15.5 Å². The van der Waals surface area contributed by atoms with E-state index in [1.165, 1.54) is 0 Å². The summed E-state index contributed by atoms with van der Waals surface area (Å²) in [6.45, 7) is 0. The normalized spacial score (nSPS) is 21.0. The molecule has 0 spiro atoms. The van der Waals surface area contributed by atoms with Crippen molar-refractivity contribution in [1.29, 1.82) is 0 Å². The van der Waals surface area contributed by atoms with E-state index in [0.29, 0.717) is 5.56 Å². The third kappa shape index (κ3) is 2.17. The third-order valence-corrected chi connectivity index (χ3v) is 4.54. The maximum absolute atomic E-state index is 12.6. The summed E-state index contributed by atoms with van der Waals surface area (Å²) in [5.41, 5.74) is 3.52. The van der Waals surface area contributed by atoms with E-state index in [1.54, 1.807) is 30.2 Å². The predicted molar refractivity (Wildman–Crippen MR) is 93.1 cm³/mol. The van der Waals surface area contributed by atoms with Gasteiger partial charge in [0.15, 0.2) is 0 Å². The molecule has 2 N–H and O–H groups in total. The Bertz CT molecular complexity index is 842. The van der Waals surface area contributed by atoms with Gasteiger partial charge >= 0.3 is 0 Å². The molecule has 0 aromatic heterocycles.